The van der Waals surface area contributed by atoms with Crippen LogP contribution in [-0.4, -0.2) is 21.1 Å². The van der Waals surface area contributed by atoms with Crippen LogP contribution in [0.2, 0.25) is 0 Å². The van der Waals surface area contributed by atoms with E-state index >= 15 is 0 Å². The SMILES string of the molecule is CC1CN(S(=O)(=O)c2cccc(C(F)(F)F)c2)c2cc(CC3CCCCC3)ccc2O1. The monoisotopic (exact) mass is 453 g/mol. The van der Waals surface area contributed by atoms with E-state index in [0.717, 1.165) is 37.0 Å². The highest BCUT2D eigenvalue weighted by molar-refractivity contribution is 7.92. The molecule has 2 aliphatic rings. The fraction of sp³-hybridized carbons (Fsp3) is 0.478. The van der Waals surface area contributed by atoms with Crippen LogP contribution in [0.3, 0.4) is 0 Å². The van der Waals surface area contributed by atoms with Crippen LogP contribution in [0, 0.1) is 5.92 Å². The highest BCUT2D eigenvalue weighted by Gasteiger charge is 2.36. The molecule has 2 aromatic carbocycles. The minimum absolute atomic E-state index is 0.0401. The predicted molar refractivity (Wildman–Crippen MR) is 113 cm³/mol. The van der Waals surface area contributed by atoms with Gasteiger partial charge in [0.1, 0.15) is 11.9 Å². The molecule has 31 heavy (non-hydrogen) atoms. The lowest BCUT2D eigenvalue weighted by Gasteiger charge is -2.34. The molecule has 0 spiro atoms. The van der Waals surface area contributed by atoms with Crippen LogP contribution in [0.5, 0.6) is 5.75 Å². The second kappa shape index (κ2) is 8.37. The molecule has 1 heterocycles. The molecule has 0 saturated heterocycles. The number of nitrogens with zero attached hydrogens (tertiary/aromatic N) is 1. The average molecular weight is 454 g/mol. The van der Waals surface area contributed by atoms with Gasteiger partial charge < -0.3 is 4.74 Å². The largest absolute Gasteiger partial charge is 0.487 e. The second-order valence-corrected chi connectivity index (χ2v) is 10.4. The van der Waals surface area contributed by atoms with Gasteiger partial charge in [0.05, 0.1) is 22.7 Å². The lowest BCUT2D eigenvalue weighted by Crippen LogP contribution is -2.42. The smallest absolute Gasteiger partial charge is 0.416 e. The van der Waals surface area contributed by atoms with Crippen molar-refractivity contribution in [1.29, 1.82) is 0 Å². The van der Waals surface area contributed by atoms with Gasteiger partial charge in [0.15, 0.2) is 0 Å². The third-order valence-electron chi connectivity index (χ3n) is 6.04. The van der Waals surface area contributed by atoms with Crippen LogP contribution < -0.4 is 9.04 Å². The van der Waals surface area contributed by atoms with E-state index in [-0.39, 0.29) is 11.4 Å². The molecule has 168 valence electrons. The van der Waals surface area contributed by atoms with Crippen LogP contribution in [0.1, 0.15) is 50.2 Å². The highest BCUT2D eigenvalue weighted by atomic mass is 32.2. The number of fused-ring (bicyclic) bond motifs is 1. The van der Waals surface area contributed by atoms with E-state index in [4.69, 9.17) is 4.74 Å². The lowest BCUT2D eigenvalue weighted by molar-refractivity contribution is -0.137. The molecule has 1 saturated carbocycles. The van der Waals surface area contributed by atoms with Gasteiger partial charge in [0, 0.05) is 0 Å². The molecular weight excluding hydrogens is 427 g/mol. The lowest BCUT2D eigenvalue weighted by atomic mass is 9.85. The van der Waals surface area contributed by atoms with Crippen molar-refractivity contribution in [2.45, 2.75) is 62.6 Å². The Bertz CT molecular complexity index is 1050. The van der Waals surface area contributed by atoms with Crippen molar-refractivity contribution in [3.05, 3.63) is 53.6 Å². The summed E-state index contributed by atoms with van der Waals surface area (Å²) >= 11 is 0. The summed E-state index contributed by atoms with van der Waals surface area (Å²) in [5.41, 5.74) is 0.429. The van der Waals surface area contributed by atoms with E-state index in [2.05, 4.69) is 0 Å². The first-order valence-corrected chi connectivity index (χ1v) is 12.1. The van der Waals surface area contributed by atoms with Gasteiger partial charge in [-0.3, -0.25) is 4.31 Å². The summed E-state index contributed by atoms with van der Waals surface area (Å²) in [7, 11) is -4.19. The minimum Gasteiger partial charge on any atom is -0.487 e. The van der Waals surface area contributed by atoms with Crippen LogP contribution in [0.4, 0.5) is 18.9 Å². The number of anilines is 1. The van der Waals surface area contributed by atoms with Gasteiger partial charge in [-0.05, 0) is 55.2 Å². The van der Waals surface area contributed by atoms with Crippen molar-refractivity contribution in [3.63, 3.8) is 0 Å². The van der Waals surface area contributed by atoms with E-state index < -0.39 is 27.9 Å². The summed E-state index contributed by atoms with van der Waals surface area (Å²) in [4.78, 5) is -0.375. The standard InChI is InChI=1S/C23H26F3NO3S/c1-16-15-27(31(28,29)20-9-5-8-19(14-20)23(24,25)26)21-13-18(10-11-22(21)30-16)12-17-6-3-2-4-7-17/h5,8-11,13-14,16-17H,2-4,6-7,12,15H2,1H3. The Morgan fingerprint density at radius 3 is 2.52 bits per heavy atom. The predicted octanol–water partition coefficient (Wildman–Crippen LogP) is 5.80. The number of sulfonamides is 1. The van der Waals surface area contributed by atoms with Gasteiger partial charge in [-0.25, -0.2) is 8.42 Å². The Hall–Kier alpha value is -2.22. The second-order valence-electron chi connectivity index (χ2n) is 8.50. The van der Waals surface area contributed by atoms with E-state index in [1.807, 2.05) is 12.1 Å². The Morgan fingerprint density at radius 2 is 1.81 bits per heavy atom. The molecule has 0 amide bonds. The van der Waals surface area contributed by atoms with Gasteiger partial charge in [-0.2, -0.15) is 13.2 Å². The van der Waals surface area contributed by atoms with Crippen LogP contribution in [0.25, 0.3) is 0 Å². The summed E-state index contributed by atoms with van der Waals surface area (Å²) in [6.07, 6.45) is 1.84. The Kier molecular flexibility index (Phi) is 5.94. The Morgan fingerprint density at radius 1 is 1.06 bits per heavy atom. The van der Waals surface area contributed by atoms with E-state index in [9.17, 15) is 21.6 Å². The summed E-state index contributed by atoms with van der Waals surface area (Å²) in [6.45, 7) is 1.78. The fourth-order valence-electron chi connectivity index (χ4n) is 4.48. The van der Waals surface area contributed by atoms with Crippen LogP contribution in [0.15, 0.2) is 47.4 Å². The van der Waals surface area contributed by atoms with E-state index in [0.29, 0.717) is 23.4 Å². The third kappa shape index (κ3) is 4.68. The maximum atomic E-state index is 13.4. The zero-order valence-corrected chi connectivity index (χ0v) is 18.2. The van der Waals surface area contributed by atoms with Crippen LogP contribution >= 0.6 is 0 Å². The molecule has 1 aliphatic carbocycles. The number of hydrogen-bond acceptors (Lipinski definition) is 3. The molecular formula is C23H26F3NO3S. The zero-order chi connectivity index (χ0) is 22.2. The van der Waals surface area contributed by atoms with Gasteiger partial charge in [-0.15, -0.1) is 0 Å². The molecule has 2 aromatic rings. The van der Waals surface area contributed by atoms with Gasteiger partial charge in [0.25, 0.3) is 10.0 Å². The van der Waals surface area contributed by atoms with Crippen molar-refractivity contribution in [2.75, 3.05) is 10.8 Å². The Balaban J connectivity index is 1.70. The molecule has 1 unspecified atom stereocenters. The average Bonchev–Trinajstić information content (AvgIpc) is 2.73. The van der Waals surface area contributed by atoms with Gasteiger partial charge in [-0.1, -0.05) is 44.2 Å². The first-order valence-electron chi connectivity index (χ1n) is 10.6. The molecule has 1 aliphatic heterocycles. The number of rotatable bonds is 4. The van der Waals surface area contributed by atoms with Crippen molar-refractivity contribution in [3.8, 4) is 5.75 Å². The van der Waals surface area contributed by atoms with Gasteiger partial charge in [0.2, 0.25) is 0 Å². The molecule has 8 heteroatoms. The molecule has 0 aromatic heterocycles. The summed E-state index contributed by atoms with van der Waals surface area (Å²) in [5, 5.41) is 0. The van der Waals surface area contributed by atoms with Crippen molar-refractivity contribution in [1.82, 2.24) is 0 Å². The summed E-state index contributed by atoms with van der Waals surface area (Å²) in [6, 6.07) is 9.45. The molecule has 1 atom stereocenters. The molecule has 4 rings (SSSR count). The third-order valence-corrected chi connectivity index (χ3v) is 7.82. The molecule has 4 nitrogen and oxygen atoms in total. The zero-order valence-electron chi connectivity index (χ0n) is 17.4. The van der Waals surface area contributed by atoms with Crippen LogP contribution in [-0.2, 0) is 22.6 Å². The topological polar surface area (TPSA) is 46.6 Å². The first-order chi connectivity index (χ1) is 14.6. The maximum absolute atomic E-state index is 13.4. The molecule has 0 radical (unpaired) electrons. The fourth-order valence-corrected chi connectivity index (χ4v) is 6.07. The number of hydrogen-bond donors (Lipinski definition) is 0. The van der Waals surface area contributed by atoms with Gasteiger partial charge >= 0.3 is 6.18 Å². The van der Waals surface area contributed by atoms with E-state index in [1.54, 1.807) is 13.0 Å². The number of alkyl halides is 3. The van der Waals surface area contributed by atoms with E-state index in [1.165, 1.54) is 29.6 Å². The number of halogens is 3. The van der Waals surface area contributed by atoms with Crippen molar-refractivity contribution in [2.24, 2.45) is 5.92 Å². The normalized spacial score (nSPS) is 20.3. The minimum atomic E-state index is -4.62. The molecule has 0 N–H and O–H groups in total. The number of benzene rings is 2. The first kappa shape index (κ1) is 22.0. The summed E-state index contributed by atoms with van der Waals surface area (Å²) < 4.78 is 73.2. The van der Waals surface area contributed by atoms with Crippen molar-refractivity contribution >= 4 is 15.7 Å². The summed E-state index contributed by atoms with van der Waals surface area (Å²) in [5.74, 6) is 1.01. The highest BCUT2D eigenvalue weighted by Crippen LogP contribution is 2.39. The Labute approximate surface area is 181 Å². The number of ether oxygens (including phenoxy) is 1. The quantitative estimate of drug-likeness (QED) is 0.587. The van der Waals surface area contributed by atoms with Crippen molar-refractivity contribution < 1.29 is 26.3 Å². The molecule has 1 fully saturated rings. The molecule has 0 bridgehead atoms. The maximum Gasteiger partial charge on any atom is 0.416 e.